The van der Waals surface area contributed by atoms with Crippen molar-refractivity contribution in [3.05, 3.63) is 52.8 Å². The Morgan fingerprint density at radius 3 is 2.43 bits per heavy atom. The molecule has 0 saturated carbocycles. The van der Waals surface area contributed by atoms with Crippen molar-refractivity contribution in [1.29, 1.82) is 0 Å². The molecule has 0 bridgehead atoms. The van der Waals surface area contributed by atoms with Crippen molar-refractivity contribution < 1.29 is 12.8 Å². The second-order valence-electron chi connectivity index (χ2n) is 4.28. The Bertz CT molecular complexity index is 733. The van der Waals surface area contributed by atoms with Gasteiger partial charge < -0.3 is 5.32 Å². The minimum Gasteiger partial charge on any atom is -0.385 e. The van der Waals surface area contributed by atoms with E-state index in [2.05, 4.69) is 26.0 Å². The summed E-state index contributed by atoms with van der Waals surface area (Å²) in [5, 5.41) is 3.07. The number of rotatable bonds is 5. The number of benzene rings is 2. The van der Waals surface area contributed by atoms with Crippen LogP contribution in [0, 0.1) is 5.82 Å². The molecule has 0 atom stereocenters. The maximum Gasteiger partial charge on any atom is 0.261 e. The molecule has 2 N–H and O–H groups in total. The molecular formula is C14H14BrFN2O2S. The molecule has 0 amide bonds. The van der Waals surface area contributed by atoms with Gasteiger partial charge in [0.15, 0.2) is 0 Å². The van der Waals surface area contributed by atoms with Gasteiger partial charge >= 0.3 is 0 Å². The minimum atomic E-state index is -3.82. The van der Waals surface area contributed by atoms with Crippen LogP contribution in [0.2, 0.25) is 0 Å². The van der Waals surface area contributed by atoms with Gasteiger partial charge in [-0.2, -0.15) is 0 Å². The summed E-state index contributed by atoms with van der Waals surface area (Å²) in [6.45, 7) is 2.69. The molecule has 4 nitrogen and oxygen atoms in total. The molecular weight excluding hydrogens is 359 g/mol. The molecule has 0 aromatic heterocycles. The molecule has 7 heteroatoms. The summed E-state index contributed by atoms with van der Waals surface area (Å²) in [6, 6.07) is 10.3. The first-order valence-corrected chi connectivity index (χ1v) is 8.52. The van der Waals surface area contributed by atoms with Crippen LogP contribution in [0.1, 0.15) is 6.92 Å². The maximum absolute atomic E-state index is 13.6. The van der Waals surface area contributed by atoms with Gasteiger partial charge in [0.2, 0.25) is 0 Å². The zero-order chi connectivity index (χ0) is 15.5. The number of sulfonamides is 1. The largest absolute Gasteiger partial charge is 0.385 e. The van der Waals surface area contributed by atoms with Crippen LogP contribution in [0.25, 0.3) is 0 Å². The normalized spacial score (nSPS) is 11.2. The van der Waals surface area contributed by atoms with Crippen LogP contribution in [0.4, 0.5) is 15.8 Å². The molecule has 2 aromatic carbocycles. The van der Waals surface area contributed by atoms with Crippen molar-refractivity contribution in [1.82, 2.24) is 0 Å². The lowest BCUT2D eigenvalue weighted by Crippen LogP contribution is -2.14. The van der Waals surface area contributed by atoms with Gasteiger partial charge in [0.1, 0.15) is 5.82 Å². The molecule has 0 unspecified atom stereocenters. The lowest BCUT2D eigenvalue weighted by atomic mass is 10.3. The summed E-state index contributed by atoms with van der Waals surface area (Å²) in [5.41, 5.74) is 0.727. The summed E-state index contributed by atoms with van der Waals surface area (Å²) in [7, 11) is -3.82. The van der Waals surface area contributed by atoms with E-state index in [1.165, 1.54) is 30.3 Å². The minimum absolute atomic E-state index is 0.0727. The molecule has 0 saturated heterocycles. The fourth-order valence-electron chi connectivity index (χ4n) is 1.74. The summed E-state index contributed by atoms with van der Waals surface area (Å²) in [6.07, 6.45) is 0. The standard InChI is InChI=1S/C14H14BrFN2O2S/c1-2-17-11-4-6-12(7-5-11)21(19,20)18-14-9-10(15)3-8-13(14)16/h3-9,17-18H,2H2,1H3. The van der Waals surface area contributed by atoms with Gasteiger partial charge in [-0.05, 0) is 49.4 Å². The van der Waals surface area contributed by atoms with Crippen molar-refractivity contribution in [2.75, 3.05) is 16.6 Å². The highest BCUT2D eigenvalue weighted by atomic mass is 79.9. The number of halogens is 2. The van der Waals surface area contributed by atoms with Crippen molar-refractivity contribution in [3.63, 3.8) is 0 Å². The summed E-state index contributed by atoms with van der Waals surface area (Å²) in [5.74, 6) is -0.633. The highest BCUT2D eigenvalue weighted by Gasteiger charge is 2.16. The molecule has 0 aliphatic rings. The van der Waals surface area contributed by atoms with Crippen LogP contribution in [0.5, 0.6) is 0 Å². The lowest BCUT2D eigenvalue weighted by Gasteiger charge is -2.10. The molecule has 2 aromatic rings. The highest BCUT2D eigenvalue weighted by Crippen LogP contribution is 2.23. The summed E-state index contributed by atoms with van der Waals surface area (Å²) < 4.78 is 40.9. The SMILES string of the molecule is CCNc1ccc(S(=O)(=O)Nc2cc(Br)ccc2F)cc1. The summed E-state index contributed by atoms with van der Waals surface area (Å²) in [4.78, 5) is 0.0727. The van der Waals surface area contributed by atoms with E-state index in [0.717, 1.165) is 12.2 Å². The van der Waals surface area contributed by atoms with Gasteiger partial charge in [-0.1, -0.05) is 15.9 Å². The Hall–Kier alpha value is -1.60. The first-order chi connectivity index (χ1) is 9.92. The van der Waals surface area contributed by atoms with Crippen LogP contribution in [0.3, 0.4) is 0 Å². The average Bonchev–Trinajstić information content (AvgIpc) is 2.44. The maximum atomic E-state index is 13.6. The Morgan fingerprint density at radius 1 is 1.14 bits per heavy atom. The van der Waals surface area contributed by atoms with Crippen LogP contribution in [-0.2, 0) is 10.0 Å². The van der Waals surface area contributed by atoms with Gasteiger partial charge in [-0.3, -0.25) is 4.72 Å². The number of hydrogen-bond acceptors (Lipinski definition) is 3. The van der Waals surface area contributed by atoms with E-state index in [-0.39, 0.29) is 10.6 Å². The lowest BCUT2D eigenvalue weighted by molar-refractivity contribution is 0.598. The molecule has 0 spiro atoms. The van der Waals surface area contributed by atoms with E-state index in [1.54, 1.807) is 12.1 Å². The van der Waals surface area contributed by atoms with Crippen LogP contribution >= 0.6 is 15.9 Å². The Balaban J connectivity index is 2.27. The molecule has 0 radical (unpaired) electrons. The monoisotopic (exact) mass is 372 g/mol. The van der Waals surface area contributed by atoms with E-state index >= 15 is 0 Å². The molecule has 0 heterocycles. The van der Waals surface area contributed by atoms with Crippen molar-refractivity contribution in [2.24, 2.45) is 0 Å². The van der Waals surface area contributed by atoms with Crippen LogP contribution < -0.4 is 10.0 Å². The fourth-order valence-corrected chi connectivity index (χ4v) is 3.15. The Labute approximate surface area is 131 Å². The second kappa shape index (κ2) is 6.44. The topological polar surface area (TPSA) is 58.2 Å². The third-order valence-corrected chi connectivity index (χ3v) is 4.59. The van der Waals surface area contributed by atoms with Crippen molar-refractivity contribution in [3.8, 4) is 0 Å². The number of nitrogens with one attached hydrogen (secondary N) is 2. The number of anilines is 2. The zero-order valence-electron chi connectivity index (χ0n) is 11.2. The van der Waals surface area contributed by atoms with Gasteiger partial charge in [0.05, 0.1) is 10.6 Å². The second-order valence-corrected chi connectivity index (χ2v) is 6.88. The number of hydrogen-bond donors (Lipinski definition) is 2. The molecule has 0 fully saturated rings. The van der Waals surface area contributed by atoms with Gasteiger partial charge in [0.25, 0.3) is 10.0 Å². The first kappa shape index (κ1) is 15.8. The molecule has 0 aliphatic carbocycles. The van der Waals surface area contributed by atoms with Gasteiger partial charge in [0, 0.05) is 16.7 Å². The predicted octanol–water partition coefficient (Wildman–Crippen LogP) is 3.82. The third-order valence-electron chi connectivity index (χ3n) is 2.72. The fraction of sp³-hybridized carbons (Fsp3) is 0.143. The summed E-state index contributed by atoms with van der Waals surface area (Å²) >= 11 is 3.18. The van der Waals surface area contributed by atoms with E-state index in [0.29, 0.717) is 4.47 Å². The quantitative estimate of drug-likeness (QED) is 0.838. The van der Waals surface area contributed by atoms with E-state index < -0.39 is 15.8 Å². The van der Waals surface area contributed by atoms with Gasteiger partial charge in [-0.25, -0.2) is 12.8 Å². The third kappa shape index (κ3) is 3.95. The average molecular weight is 373 g/mol. The van der Waals surface area contributed by atoms with Crippen LogP contribution in [0.15, 0.2) is 51.8 Å². The van der Waals surface area contributed by atoms with E-state index in [1.807, 2.05) is 6.92 Å². The molecule has 0 aliphatic heterocycles. The van der Waals surface area contributed by atoms with E-state index in [9.17, 15) is 12.8 Å². The van der Waals surface area contributed by atoms with Crippen molar-refractivity contribution in [2.45, 2.75) is 11.8 Å². The van der Waals surface area contributed by atoms with Gasteiger partial charge in [-0.15, -0.1) is 0 Å². The van der Waals surface area contributed by atoms with Crippen LogP contribution in [-0.4, -0.2) is 15.0 Å². The van der Waals surface area contributed by atoms with E-state index in [4.69, 9.17) is 0 Å². The highest BCUT2D eigenvalue weighted by molar-refractivity contribution is 9.10. The smallest absolute Gasteiger partial charge is 0.261 e. The Morgan fingerprint density at radius 2 is 1.81 bits per heavy atom. The molecule has 21 heavy (non-hydrogen) atoms. The molecule has 112 valence electrons. The predicted molar refractivity (Wildman–Crippen MR) is 85.5 cm³/mol. The Kier molecular flexibility index (Phi) is 4.84. The van der Waals surface area contributed by atoms with Crippen molar-refractivity contribution >= 4 is 37.3 Å². The first-order valence-electron chi connectivity index (χ1n) is 6.24. The molecule has 2 rings (SSSR count). The zero-order valence-corrected chi connectivity index (χ0v) is 13.6.